The van der Waals surface area contributed by atoms with Crippen molar-refractivity contribution < 1.29 is 29.6 Å². The molecule has 1 heterocycles. The van der Waals surface area contributed by atoms with Crippen LogP contribution in [0.4, 0.5) is 0 Å². The number of aliphatic hydroxyl groups excluding tert-OH is 3. The Kier molecular flexibility index (Phi) is 5.36. The number of hydrogen-bond donors (Lipinski definition) is 4. The van der Waals surface area contributed by atoms with Crippen LogP contribution in [0.15, 0.2) is 24.3 Å². The molecule has 1 fully saturated rings. The van der Waals surface area contributed by atoms with Crippen LogP contribution in [0, 0.1) is 6.92 Å². The number of rotatable bonds is 4. The zero-order valence-corrected chi connectivity index (χ0v) is 12.5. The van der Waals surface area contributed by atoms with E-state index in [9.17, 15) is 20.1 Å². The van der Waals surface area contributed by atoms with E-state index in [0.717, 1.165) is 5.56 Å². The van der Waals surface area contributed by atoms with Crippen LogP contribution in [-0.2, 0) is 9.53 Å². The summed E-state index contributed by atoms with van der Waals surface area (Å²) in [5, 5.41) is 31.8. The van der Waals surface area contributed by atoms with Crippen LogP contribution >= 0.6 is 0 Å². The molecule has 1 aromatic carbocycles. The van der Waals surface area contributed by atoms with Gasteiger partial charge in [-0.25, -0.2) is 0 Å². The number of carbonyl (C=O) groups excluding carboxylic acids is 1. The summed E-state index contributed by atoms with van der Waals surface area (Å²) in [7, 11) is 0. The summed E-state index contributed by atoms with van der Waals surface area (Å²) in [5.41, 5.74) is 0.855. The van der Waals surface area contributed by atoms with Gasteiger partial charge in [0, 0.05) is 6.92 Å². The largest absolute Gasteiger partial charge is 0.462 e. The molecule has 4 N–H and O–H groups in total. The summed E-state index contributed by atoms with van der Waals surface area (Å²) < 4.78 is 11.2. The topological polar surface area (TPSA) is 108 Å². The number of hydrogen-bond acceptors (Lipinski definition) is 6. The molecule has 0 spiro atoms. The first-order valence-electron chi connectivity index (χ1n) is 7.06. The Morgan fingerprint density at radius 2 is 2.00 bits per heavy atom. The van der Waals surface area contributed by atoms with Gasteiger partial charge in [-0.3, -0.25) is 4.79 Å². The quantitative estimate of drug-likeness (QED) is 0.587. The second kappa shape index (κ2) is 7.06. The molecule has 0 bridgehead atoms. The molecule has 7 nitrogen and oxygen atoms in total. The number of nitrogens with one attached hydrogen (secondary N) is 1. The molecule has 1 amide bonds. The highest BCUT2D eigenvalue weighted by Crippen LogP contribution is 2.26. The van der Waals surface area contributed by atoms with E-state index in [2.05, 4.69) is 5.32 Å². The fourth-order valence-corrected chi connectivity index (χ4v) is 2.38. The number of aliphatic hydroxyl groups is 3. The summed E-state index contributed by atoms with van der Waals surface area (Å²) in [6.45, 7) is 2.67. The van der Waals surface area contributed by atoms with Crippen LogP contribution in [0.1, 0.15) is 12.5 Å². The Morgan fingerprint density at radius 1 is 1.32 bits per heavy atom. The monoisotopic (exact) mass is 311 g/mol. The third-order valence-corrected chi connectivity index (χ3v) is 3.59. The Morgan fingerprint density at radius 3 is 2.59 bits per heavy atom. The maximum atomic E-state index is 11.3. The molecule has 0 unspecified atom stereocenters. The van der Waals surface area contributed by atoms with Crippen molar-refractivity contribution in [2.45, 2.75) is 44.5 Å². The van der Waals surface area contributed by atoms with Gasteiger partial charge in [-0.2, -0.15) is 0 Å². The lowest BCUT2D eigenvalue weighted by atomic mass is 9.97. The molecule has 122 valence electrons. The number of ether oxygens (including phenoxy) is 2. The minimum Gasteiger partial charge on any atom is -0.462 e. The number of amides is 1. The van der Waals surface area contributed by atoms with Crippen LogP contribution in [0.5, 0.6) is 5.75 Å². The third-order valence-electron chi connectivity index (χ3n) is 3.59. The predicted molar refractivity (Wildman–Crippen MR) is 77.2 cm³/mol. The van der Waals surface area contributed by atoms with Gasteiger partial charge in [0.1, 0.15) is 30.1 Å². The average molecular weight is 311 g/mol. The number of carbonyl (C=O) groups is 1. The van der Waals surface area contributed by atoms with Crippen molar-refractivity contribution in [3.05, 3.63) is 29.8 Å². The van der Waals surface area contributed by atoms with Crippen molar-refractivity contribution in [2.24, 2.45) is 0 Å². The molecule has 0 aliphatic carbocycles. The first-order chi connectivity index (χ1) is 10.4. The van der Waals surface area contributed by atoms with Crippen molar-refractivity contribution in [1.82, 2.24) is 5.32 Å². The van der Waals surface area contributed by atoms with Crippen molar-refractivity contribution in [1.29, 1.82) is 0 Å². The molecular formula is C15H21NO6. The van der Waals surface area contributed by atoms with Gasteiger partial charge in [0.25, 0.3) is 0 Å². The van der Waals surface area contributed by atoms with E-state index in [1.165, 1.54) is 6.92 Å². The minimum absolute atomic E-state index is 0.388. The fraction of sp³-hybridized carbons (Fsp3) is 0.533. The zero-order valence-electron chi connectivity index (χ0n) is 12.5. The van der Waals surface area contributed by atoms with E-state index in [0.29, 0.717) is 5.75 Å². The van der Waals surface area contributed by atoms with Crippen molar-refractivity contribution in [3.8, 4) is 5.75 Å². The molecule has 7 heteroatoms. The van der Waals surface area contributed by atoms with E-state index in [1.54, 1.807) is 12.1 Å². The molecule has 5 atom stereocenters. The normalized spacial score (nSPS) is 31.6. The smallest absolute Gasteiger partial charge is 0.223 e. The molecule has 1 aliphatic rings. The first kappa shape index (κ1) is 16.7. The molecule has 1 saturated heterocycles. The van der Waals surface area contributed by atoms with Gasteiger partial charge in [0.2, 0.25) is 12.2 Å². The minimum atomic E-state index is -1.32. The lowest BCUT2D eigenvalue weighted by Crippen LogP contribution is -2.65. The highest BCUT2D eigenvalue weighted by Gasteiger charge is 2.46. The zero-order chi connectivity index (χ0) is 16.3. The van der Waals surface area contributed by atoms with Gasteiger partial charge in [-0.15, -0.1) is 0 Å². The van der Waals surface area contributed by atoms with Gasteiger partial charge >= 0.3 is 0 Å². The second-order valence-electron chi connectivity index (χ2n) is 5.32. The van der Waals surface area contributed by atoms with Crippen LogP contribution in [0.3, 0.4) is 0 Å². The van der Waals surface area contributed by atoms with Gasteiger partial charge < -0.3 is 30.1 Å². The van der Waals surface area contributed by atoms with Gasteiger partial charge in [0.15, 0.2) is 0 Å². The number of aryl methyl sites for hydroxylation is 1. The number of benzene rings is 1. The van der Waals surface area contributed by atoms with Crippen molar-refractivity contribution >= 4 is 5.91 Å². The van der Waals surface area contributed by atoms with Crippen molar-refractivity contribution in [2.75, 3.05) is 6.61 Å². The molecular weight excluding hydrogens is 290 g/mol. The van der Waals surface area contributed by atoms with E-state index in [1.807, 2.05) is 19.1 Å². The molecule has 0 saturated carbocycles. The third kappa shape index (κ3) is 3.56. The SMILES string of the molecule is CC(=O)N[C@@H]1[C@@H](Oc2ccccc2C)O[C@H](CO)[C@H](O)[C@@H]1O. The fourth-order valence-electron chi connectivity index (χ4n) is 2.38. The Bertz CT molecular complexity index is 523. The lowest BCUT2D eigenvalue weighted by Gasteiger charge is -2.42. The Hall–Kier alpha value is -1.67. The molecule has 0 aromatic heterocycles. The van der Waals surface area contributed by atoms with E-state index < -0.39 is 37.3 Å². The van der Waals surface area contributed by atoms with E-state index >= 15 is 0 Å². The molecule has 22 heavy (non-hydrogen) atoms. The highest BCUT2D eigenvalue weighted by molar-refractivity contribution is 5.73. The summed E-state index contributed by atoms with van der Waals surface area (Å²) in [5.74, 6) is 0.142. The summed E-state index contributed by atoms with van der Waals surface area (Å²) in [6.07, 6.45) is -4.66. The summed E-state index contributed by atoms with van der Waals surface area (Å²) in [4.78, 5) is 11.3. The summed E-state index contributed by atoms with van der Waals surface area (Å²) >= 11 is 0. The molecule has 0 radical (unpaired) electrons. The summed E-state index contributed by atoms with van der Waals surface area (Å²) in [6, 6.07) is 6.27. The van der Waals surface area contributed by atoms with Crippen LogP contribution in [0.2, 0.25) is 0 Å². The lowest BCUT2D eigenvalue weighted by molar-refractivity contribution is -0.244. The maximum absolute atomic E-state index is 11.3. The highest BCUT2D eigenvalue weighted by atomic mass is 16.7. The van der Waals surface area contributed by atoms with Gasteiger partial charge in [-0.1, -0.05) is 18.2 Å². The standard InChI is InChI=1S/C15H21NO6/c1-8-5-3-4-6-10(8)21-15-12(16-9(2)18)14(20)13(19)11(7-17)22-15/h3-6,11-15,17,19-20H,7H2,1-2H3,(H,16,18)/t11-,12+,13+,14-,15+/m1/s1. The van der Waals surface area contributed by atoms with Gasteiger partial charge in [-0.05, 0) is 18.6 Å². The van der Waals surface area contributed by atoms with Gasteiger partial charge in [0.05, 0.1) is 6.61 Å². The average Bonchev–Trinajstić information content (AvgIpc) is 2.48. The van der Waals surface area contributed by atoms with Crippen LogP contribution in [0.25, 0.3) is 0 Å². The molecule has 1 aromatic rings. The van der Waals surface area contributed by atoms with Crippen LogP contribution in [-0.4, -0.2) is 58.5 Å². The predicted octanol–water partition coefficient (Wildman–Crippen LogP) is -0.682. The molecule has 2 rings (SSSR count). The van der Waals surface area contributed by atoms with E-state index in [4.69, 9.17) is 9.47 Å². The van der Waals surface area contributed by atoms with Crippen molar-refractivity contribution in [3.63, 3.8) is 0 Å². The molecule has 1 aliphatic heterocycles. The van der Waals surface area contributed by atoms with Crippen LogP contribution < -0.4 is 10.1 Å². The Labute approximate surface area is 128 Å². The second-order valence-corrected chi connectivity index (χ2v) is 5.32. The Balaban J connectivity index is 2.23. The number of para-hydroxylation sites is 1. The first-order valence-corrected chi connectivity index (χ1v) is 7.06. The van der Waals surface area contributed by atoms with E-state index in [-0.39, 0.29) is 5.91 Å². The maximum Gasteiger partial charge on any atom is 0.223 e.